The average Bonchev–Trinajstić information content (AvgIpc) is 2.56. The number of hydrogen-bond acceptors (Lipinski definition) is 2. The molecule has 0 fully saturated rings. The van der Waals surface area contributed by atoms with Gasteiger partial charge in [-0.2, -0.15) is 0 Å². The van der Waals surface area contributed by atoms with E-state index in [0.717, 1.165) is 31.6 Å². The molecular formula is C19H23NO. The molecule has 1 N–H and O–H groups in total. The molecule has 2 aromatic rings. The van der Waals surface area contributed by atoms with Gasteiger partial charge in [0.1, 0.15) is 5.75 Å². The van der Waals surface area contributed by atoms with Crippen LogP contribution in [0.5, 0.6) is 5.75 Å². The Labute approximate surface area is 127 Å². The van der Waals surface area contributed by atoms with Gasteiger partial charge in [0.15, 0.2) is 0 Å². The number of nitrogens with one attached hydrogen (secondary N) is 1. The summed E-state index contributed by atoms with van der Waals surface area (Å²) >= 11 is 0. The van der Waals surface area contributed by atoms with E-state index in [2.05, 4.69) is 54.7 Å². The predicted octanol–water partition coefficient (Wildman–Crippen LogP) is 3.88. The molecule has 0 spiro atoms. The number of ether oxygens (including phenoxy) is 1. The second-order valence-corrected chi connectivity index (χ2v) is 5.60. The van der Waals surface area contributed by atoms with E-state index in [1.165, 1.54) is 22.3 Å². The molecule has 3 rings (SSSR count). The predicted molar refractivity (Wildman–Crippen MR) is 87.0 cm³/mol. The highest BCUT2D eigenvalue weighted by atomic mass is 16.5. The van der Waals surface area contributed by atoms with Gasteiger partial charge in [-0.3, -0.25) is 0 Å². The van der Waals surface area contributed by atoms with Gasteiger partial charge in [0.2, 0.25) is 0 Å². The highest BCUT2D eigenvalue weighted by molar-refractivity contribution is 5.48. The number of hydrogen-bond donors (Lipinski definition) is 1. The maximum atomic E-state index is 5.96. The van der Waals surface area contributed by atoms with Gasteiger partial charge in [-0.15, -0.1) is 0 Å². The summed E-state index contributed by atoms with van der Waals surface area (Å²) in [5.41, 5.74) is 5.25. The van der Waals surface area contributed by atoms with E-state index < -0.39 is 0 Å². The fraction of sp³-hybridized carbons (Fsp3) is 0.368. The average molecular weight is 281 g/mol. The zero-order chi connectivity index (χ0) is 14.7. The van der Waals surface area contributed by atoms with Crippen molar-refractivity contribution in [2.45, 2.75) is 32.2 Å². The van der Waals surface area contributed by atoms with Crippen molar-refractivity contribution < 1.29 is 4.74 Å². The molecule has 1 aliphatic rings. The highest BCUT2D eigenvalue weighted by Gasteiger charge is 2.21. The number of rotatable bonds is 4. The summed E-state index contributed by atoms with van der Waals surface area (Å²) < 4.78 is 5.96. The standard InChI is InChI=1S/C19H23NO/c1-3-14-9-11-15(12-10-14)18(20-2)17-8-4-6-16-7-5-13-21-19(16)17/h4,6,8-12,18,20H,3,5,7,13H2,1-2H3. The summed E-state index contributed by atoms with van der Waals surface area (Å²) in [6.07, 6.45) is 3.31. The fourth-order valence-electron chi connectivity index (χ4n) is 3.09. The Kier molecular flexibility index (Phi) is 4.26. The highest BCUT2D eigenvalue weighted by Crippen LogP contribution is 2.35. The Morgan fingerprint density at radius 1 is 1.14 bits per heavy atom. The van der Waals surface area contributed by atoms with Crippen LogP contribution in [-0.2, 0) is 12.8 Å². The SMILES string of the molecule is CCc1ccc(C(NC)c2cccc3c2OCCC3)cc1. The quantitative estimate of drug-likeness (QED) is 0.918. The van der Waals surface area contributed by atoms with Crippen molar-refractivity contribution in [1.29, 1.82) is 0 Å². The van der Waals surface area contributed by atoms with E-state index in [-0.39, 0.29) is 6.04 Å². The Bertz CT molecular complexity index is 603. The van der Waals surface area contributed by atoms with Crippen LogP contribution < -0.4 is 10.1 Å². The second-order valence-electron chi connectivity index (χ2n) is 5.60. The van der Waals surface area contributed by atoms with Crippen LogP contribution in [0.4, 0.5) is 0 Å². The molecule has 0 aromatic heterocycles. The van der Waals surface area contributed by atoms with Crippen molar-refractivity contribution in [1.82, 2.24) is 5.32 Å². The molecule has 2 heteroatoms. The van der Waals surface area contributed by atoms with Crippen molar-refractivity contribution in [3.05, 3.63) is 64.7 Å². The van der Waals surface area contributed by atoms with Gasteiger partial charge in [0, 0.05) is 5.56 Å². The summed E-state index contributed by atoms with van der Waals surface area (Å²) in [4.78, 5) is 0. The van der Waals surface area contributed by atoms with E-state index in [4.69, 9.17) is 4.74 Å². The van der Waals surface area contributed by atoms with E-state index in [1.54, 1.807) is 0 Å². The van der Waals surface area contributed by atoms with Gasteiger partial charge < -0.3 is 10.1 Å². The third-order valence-electron chi connectivity index (χ3n) is 4.28. The molecule has 1 heterocycles. The molecule has 1 atom stereocenters. The molecule has 1 aliphatic heterocycles. The van der Waals surface area contributed by atoms with Crippen molar-refractivity contribution in [3.63, 3.8) is 0 Å². The molecule has 2 aromatic carbocycles. The Balaban J connectivity index is 1.99. The smallest absolute Gasteiger partial charge is 0.127 e. The normalized spacial score (nSPS) is 15.1. The minimum Gasteiger partial charge on any atom is -0.493 e. The molecule has 2 nitrogen and oxygen atoms in total. The van der Waals surface area contributed by atoms with Crippen LogP contribution in [0.25, 0.3) is 0 Å². The molecule has 0 radical (unpaired) electrons. The molecular weight excluding hydrogens is 258 g/mol. The lowest BCUT2D eigenvalue weighted by molar-refractivity contribution is 0.283. The van der Waals surface area contributed by atoms with Gasteiger partial charge >= 0.3 is 0 Å². The summed E-state index contributed by atoms with van der Waals surface area (Å²) in [6, 6.07) is 15.6. The molecule has 1 unspecified atom stereocenters. The molecule has 21 heavy (non-hydrogen) atoms. The topological polar surface area (TPSA) is 21.3 Å². The maximum Gasteiger partial charge on any atom is 0.127 e. The summed E-state index contributed by atoms with van der Waals surface area (Å²) in [5.74, 6) is 1.09. The van der Waals surface area contributed by atoms with Gasteiger partial charge in [-0.1, -0.05) is 49.4 Å². The van der Waals surface area contributed by atoms with Crippen molar-refractivity contribution in [2.24, 2.45) is 0 Å². The largest absolute Gasteiger partial charge is 0.493 e. The Hall–Kier alpha value is -1.80. The summed E-state index contributed by atoms with van der Waals surface area (Å²) in [7, 11) is 2.01. The molecule has 110 valence electrons. The van der Waals surface area contributed by atoms with E-state index in [1.807, 2.05) is 7.05 Å². The van der Waals surface area contributed by atoms with Crippen molar-refractivity contribution in [2.75, 3.05) is 13.7 Å². The molecule has 0 bridgehead atoms. The molecule has 0 saturated heterocycles. The first-order chi connectivity index (χ1) is 10.3. The monoisotopic (exact) mass is 281 g/mol. The number of aryl methyl sites for hydroxylation is 2. The summed E-state index contributed by atoms with van der Waals surface area (Å²) in [5, 5.41) is 3.44. The lowest BCUT2D eigenvalue weighted by Gasteiger charge is -2.25. The first-order valence-electron chi connectivity index (χ1n) is 7.84. The zero-order valence-electron chi connectivity index (χ0n) is 12.9. The van der Waals surface area contributed by atoms with Gasteiger partial charge in [-0.05, 0) is 43.0 Å². The second kappa shape index (κ2) is 6.31. The van der Waals surface area contributed by atoms with Crippen LogP contribution in [0.2, 0.25) is 0 Å². The Morgan fingerprint density at radius 2 is 1.95 bits per heavy atom. The minimum absolute atomic E-state index is 0.184. The maximum absolute atomic E-state index is 5.96. The van der Waals surface area contributed by atoms with Gasteiger partial charge in [0.05, 0.1) is 12.6 Å². The molecule has 0 aliphatic carbocycles. The van der Waals surface area contributed by atoms with E-state index in [0.29, 0.717) is 0 Å². The van der Waals surface area contributed by atoms with Crippen LogP contribution in [0, 0.1) is 0 Å². The first-order valence-corrected chi connectivity index (χ1v) is 7.84. The number of benzene rings is 2. The Morgan fingerprint density at radius 3 is 2.67 bits per heavy atom. The van der Waals surface area contributed by atoms with Gasteiger partial charge in [-0.25, -0.2) is 0 Å². The van der Waals surface area contributed by atoms with E-state index in [9.17, 15) is 0 Å². The van der Waals surface area contributed by atoms with Crippen LogP contribution in [0.3, 0.4) is 0 Å². The third-order valence-corrected chi connectivity index (χ3v) is 4.28. The van der Waals surface area contributed by atoms with Crippen LogP contribution >= 0.6 is 0 Å². The van der Waals surface area contributed by atoms with Crippen molar-refractivity contribution >= 4 is 0 Å². The number of para-hydroxylation sites is 1. The molecule has 0 amide bonds. The van der Waals surface area contributed by atoms with Gasteiger partial charge in [0.25, 0.3) is 0 Å². The fourth-order valence-corrected chi connectivity index (χ4v) is 3.09. The molecule has 0 saturated carbocycles. The van der Waals surface area contributed by atoms with E-state index >= 15 is 0 Å². The lowest BCUT2D eigenvalue weighted by atomic mass is 9.93. The first kappa shape index (κ1) is 14.2. The van der Waals surface area contributed by atoms with Crippen LogP contribution in [0.1, 0.15) is 41.6 Å². The van der Waals surface area contributed by atoms with Crippen LogP contribution in [-0.4, -0.2) is 13.7 Å². The van der Waals surface area contributed by atoms with Crippen LogP contribution in [0.15, 0.2) is 42.5 Å². The number of fused-ring (bicyclic) bond motifs is 1. The van der Waals surface area contributed by atoms with Crippen molar-refractivity contribution in [3.8, 4) is 5.75 Å². The summed E-state index contributed by atoms with van der Waals surface area (Å²) in [6.45, 7) is 3.02. The lowest BCUT2D eigenvalue weighted by Crippen LogP contribution is -2.20. The minimum atomic E-state index is 0.184. The zero-order valence-corrected chi connectivity index (χ0v) is 12.9. The third kappa shape index (κ3) is 2.81.